The van der Waals surface area contributed by atoms with Gasteiger partial charge in [0.25, 0.3) is 5.91 Å². The summed E-state index contributed by atoms with van der Waals surface area (Å²) in [6.45, 7) is 1.53. The van der Waals surface area contributed by atoms with Gasteiger partial charge in [-0.1, -0.05) is 48.0 Å². The van der Waals surface area contributed by atoms with Crippen molar-refractivity contribution in [3.05, 3.63) is 65.2 Å². The van der Waals surface area contributed by atoms with E-state index in [-0.39, 0.29) is 18.4 Å². The van der Waals surface area contributed by atoms with Gasteiger partial charge >= 0.3 is 0 Å². The molecular weight excluding hydrogens is 374 g/mol. The molecule has 0 saturated carbocycles. The Kier molecular flexibility index (Phi) is 5.26. The normalized spacial score (nSPS) is 13.7. The zero-order chi connectivity index (χ0) is 19.5. The number of carbonyl (C=O) groups excluding carboxylic acids is 2. The van der Waals surface area contributed by atoms with Gasteiger partial charge in [0.2, 0.25) is 5.91 Å². The van der Waals surface area contributed by atoms with Gasteiger partial charge in [-0.3, -0.25) is 9.59 Å². The first-order valence-corrected chi connectivity index (χ1v) is 9.72. The number of amides is 2. The third-order valence-electron chi connectivity index (χ3n) is 4.97. The van der Waals surface area contributed by atoms with E-state index in [4.69, 9.17) is 11.6 Å². The quantitative estimate of drug-likeness (QED) is 0.731. The fraction of sp³-hybridized carbons (Fsp3) is 0.227. The van der Waals surface area contributed by atoms with Gasteiger partial charge in [0.15, 0.2) is 0 Å². The molecular formula is C22H20ClN3O2. The molecule has 0 spiro atoms. The summed E-state index contributed by atoms with van der Waals surface area (Å²) in [5.74, 6) is -0.338. The number of halogens is 1. The van der Waals surface area contributed by atoms with Crippen LogP contribution in [0.3, 0.4) is 0 Å². The molecule has 3 aromatic rings. The highest BCUT2D eigenvalue weighted by atomic mass is 35.5. The molecule has 0 bridgehead atoms. The summed E-state index contributed by atoms with van der Waals surface area (Å²) in [6.07, 6.45) is 2.05. The lowest BCUT2D eigenvalue weighted by molar-refractivity contribution is -0.129. The molecule has 0 radical (unpaired) electrons. The van der Waals surface area contributed by atoms with Crippen molar-refractivity contribution in [2.24, 2.45) is 0 Å². The van der Waals surface area contributed by atoms with E-state index in [0.717, 1.165) is 36.9 Å². The maximum absolute atomic E-state index is 12.9. The minimum atomic E-state index is -0.292. The van der Waals surface area contributed by atoms with E-state index in [1.807, 2.05) is 42.5 Å². The van der Waals surface area contributed by atoms with E-state index in [0.29, 0.717) is 21.8 Å². The van der Waals surface area contributed by atoms with Crippen LogP contribution in [0, 0.1) is 0 Å². The molecule has 0 unspecified atom stereocenters. The van der Waals surface area contributed by atoms with Crippen molar-refractivity contribution >= 4 is 34.3 Å². The van der Waals surface area contributed by atoms with E-state index in [9.17, 15) is 9.59 Å². The molecule has 6 heteroatoms. The highest BCUT2D eigenvalue weighted by Crippen LogP contribution is 2.29. The molecule has 5 nitrogen and oxygen atoms in total. The van der Waals surface area contributed by atoms with Crippen molar-refractivity contribution in [3.63, 3.8) is 0 Å². The van der Waals surface area contributed by atoms with Crippen molar-refractivity contribution < 1.29 is 9.59 Å². The Morgan fingerprint density at radius 3 is 2.54 bits per heavy atom. The number of fused-ring (bicyclic) bond motifs is 1. The van der Waals surface area contributed by atoms with Crippen molar-refractivity contribution in [3.8, 4) is 11.3 Å². The Labute approximate surface area is 168 Å². The maximum atomic E-state index is 12.9. The largest absolute Gasteiger partial charge is 0.343 e. The van der Waals surface area contributed by atoms with E-state index in [1.165, 1.54) is 0 Å². The lowest BCUT2D eigenvalue weighted by atomic mass is 10.0. The standard InChI is InChI=1S/C22H20ClN3O2/c23-18-9-3-1-8-16(18)20-13-17(15-7-2-4-10-19(15)25-20)22(28)24-14-21(27)26-11-5-6-12-26/h1-4,7-10,13H,5-6,11-12,14H2,(H,24,28). The number of hydrogen-bond acceptors (Lipinski definition) is 3. The number of rotatable bonds is 4. The third-order valence-corrected chi connectivity index (χ3v) is 5.30. The van der Waals surface area contributed by atoms with Gasteiger partial charge in [-0.25, -0.2) is 4.98 Å². The van der Waals surface area contributed by atoms with E-state index in [1.54, 1.807) is 17.0 Å². The molecule has 1 aromatic heterocycles. The number of nitrogens with zero attached hydrogens (tertiary/aromatic N) is 2. The maximum Gasteiger partial charge on any atom is 0.252 e. The Morgan fingerprint density at radius 1 is 1.04 bits per heavy atom. The molecule has 1 N–H and O–H groups in total. The Bertz CT molecular complexity index is 1040. The number of pyridine rings is 1. The second-order valence-corrected chi connectivity index (χ2v) is 7.23. The first-order chi connectivity index (χ1) is 13.6. The molecule has 0 atom stereocenters. The van der Waals surface area contributed by atoms with Gasteiger partial charge in [0, 0.05) is 29.1 Å². The van der Waals surface area contributed by atoms with Crippen LogP contribution in [0.5, 0.6) is 0 Å². The van der Waals surface area contributed by atoms with Crippen LogP contribution in [0.4, 0.5) is 0 Å². The second kappa shape index (κ2) is 7.98. The van der Waals surface area contributed by atoms with E-state index in [2.05, 4.69) is 10.3 Å². The number of carbonyl (C=O) groups is 2. The number of nitrogens with one attached hydrogen (secondary N) is 1. The number of para-hydroxylation sites is 1. The van der Waals surface area contributed by atoms with E-state index < -0.39 is 0 Å². The summed E-state index contributed by atoms with van der Waals surface area (Å²) in [4.78, 5) is 31.6. The highest BCUT2D eigenvalue weighted by Gasteiger charge is 2.20. The van der Waals surface area contributed by atoms with Crippen molar-refractivity contribution in [1.82, 2.24) is 15.2 Å². The van der Waals surface area contributed by atoms with Crippen LogP contribution < -0.4 is 5.32 Å². The number of aromatic nitrogens is 1. The molecule has 1 saturated heterocycles. The minimum Gasteiger partial charge on any atom is -0.343 e. The third kappa shape index (κ3) is 3.71. The summed E-state index contributed by atoms with van der Waals surface area (Å²) in [6, 6.07) is 16.6. The highest BCUT2D eigenvalue weighted by molar-refractivity contribution is 6.33. The van der Waals surface area contributed by atoms with Gasteiger partial charge < -0.3 is 10.2 Å². The molecule has 4 rings (SSSR count). The van der Waals surface area contributed by atoms with Crippen molar-refractivity contribution in [2.45, 2.75) is 12.8 Å². The van der Waals surface area contributed by atoms with Crippen molar-refractivity contribution in [2.75, 3.05) is 19.6 Å². The smallest absolute Gasteiger partial charge is 0.252 e. The molecule has 2 heterocycles. The van der Waals surface area contributed by atoms with Crippen LogP contribution in [0.15, 0.2) is 54.6 Å². The minimum absolute atomic E-state index is 0.00307. The van der Waals surface area contributed by atoms with Crippen LogP contribution in [0.1, 0.15) is 23.2 Å². The molecule has 2 aromatic carbocycles. The topological polar surface area (TPSA) is 62.3 Å². The van der Waals surface area contributed by atoms with Crippen LogP contribution in [0.25, 0.3) is 22.2 Å². The average molecular weight is 394 g/mol. The van der Waals surface area contributed by atoms with Crippen LogP contribution in [0.2, 0.25) is 5.02 Å². The fourth-order valence-electron chi connectivity index (χ4n) is 3.50. The monoisotopic (exact) mass is 393 g/mol. The zero-order valence-electron chi connectivity index (χ0n) is 15.3. The summed E-state index contributed by atoms with van der Waals surface area (Å²) >= 11 is 6.33. The first kappa shape index (κ1) is 18.4. The predicted octanol–water partition coefficient (Wildman–Crippen LogP) is 3.91. The van der Waals surface area contributed by atoms with Gasteiger partial charge in [-0.15, -0.1) is 0 Å². The van der Waals surface area contributed by atoms with Gasteiger partial charge in [0.05, 0.1) is 23.3 Å². The molecule has 0 aliphatic carbocycles. The van der Waals surface area contributed by atoms with Gasteiger partial charge in [-0.05, 0) is 31.0 Å². The molecule has 1 fully saturated rings. The molecule has 1 aliphatic heterocycles. The summed E-state index contributed by atoms with van der Waals surface area (Å²) < 4.78 is 0. The second-order valence-electron chi connectivity index (χ2n) is 6.82. The molecule has 2 amide bonds. The Morgan fingerprint density at radius 2 is 1.75 bits per heavy atom. The Hall–Kier alpha value is -2.92. The fourth-order valence-corrected chi connectivity index (χ4v) is 3.73. The number of likely N-dealkylation sites (tertiary alicyclic amines) is 1. The zero-order valence-corrected chi connectivity index (χ0v) is 16.1. The summed E-state index contributed by atoms with van der Waals surface area (Å²) in [7, 11) is 0. The van der Waals surface area contributed by atoms with Crippen LogP contribution in [-0.2, 0) is 4.79 Å². The molecule has 1 aliphatic rings. The summed E-state index contributed by atoms with van der Waals surface area (Å²) in [5.41, 5.74) is 2.57. The number of benzene rings is 2. The lowest BCUT2D eigenvalue weighted by Gasteiger charge is -2.16. The van der Waals surface area contributed by atoms with E-state index >= 15 is 0 Å². The first-order valence-electron chi connectivity index (χ1n) is 9.34. The lowest BCUT2D eigenvalue weighted by Crippen LogP contribution is -2.38. The van der Waals surface area contributed by atoms with Crippen molar-refractivity contribution in [1.29, 1.82) is 0 Å². The number of hydrogen-bond donors (Lipinski definition) is 1. The SMILES string of the molecule is O=C(NCC(=O)N1CCCC1)c1cc(-c2ccccc2Cl)nc2ccccc12. The van der Waals surface area contributed by atoms with Crippen LogP contribution in [-0.4, -0.2) is 41.3 Å². The predicted molar refractivity (Wildman–Crippen MR) is 110 cm³/mol. The Balaban J connectivity index is 1.66. The van der Waals surface area contributed by atoms with Gasteiger partial charge in [-0.2, -0.15) is 0 Å². The summed E-state index contributed by atoms with van der Waals surface area (Å²) in [5, 5.41) is 4.08. The average Bonchev–Trinajstić information content (AvgIpc) is 3.26. The molecule has 28 heavy (non-hydrogen) atoms. The van der Waals surface area contributed by atoms with Crippen LogP contribution >= 0.6 is 11.6 Å². The van der Waals surface area contributed by atoms with Gasteiger partial charge in [0.1, 0.15) is 0 Å². The molecule has 142 valence electrons.